The fourth-order valence-electron chi connectivity index (χ4n) is 3.30. The largest absolute Gasteiger partial charge is 0.369 e. The molecule has 2 heterocycles. The molecule has 0 spiro atoms. The van der Waals surface area contributed by atoms with Crippen LogP contribution < -0.4 is 16.8 Å². The van der Waals surface area contributed by atoms with E-state index in [1.54, 1.807) is 0 Å². The minimum atomic E-state index is 0.303. The number of nitrogens with zero attached hydrogens (tertiary/aromatic N) is 4. The van der Waals surface area contributed by atoms with Gasteiger partial charge < -0.3 is 21.4 Å². The Hall–Kier alpha value is -2.15. The van der Waals surface area contributed by atoms with Crippen molar-refractivity contribution < 1.29 is 0 Å². The van der Waals surface area contributed by atoms with Crippen molar-refractivity contribution in [2.45, 2.75) is 44.2 Å². The van der Waals surface area contributed by atoms with E-state index in [1.807, 2.05) is 24.8 Å². The van der Waals surface area contributed by atoms with Crippen molar-refractivity contribution in [1.29, 1.82) is 0 Å². The van der Waals surface area contributed by atoms with Crippen LogP contribution in [0.25, 0.3) is 0 Å². The molecule has 5 N–H and O–H groups in total. The highest BCUT2D eigenvalue weighted by Gasteiger charge is 2.42. The van der Waals surface area contributed by atoms with Gasteiger partial charge in [0.1, 0.15) is 5.82 Å². The summed E-state index contributed by atoms with van der Waals surface area (Å²) in [6.45, 7) is 1.89. The number of rotatable bonds is 6. The molecule has 0 radical (unpaired) electrons. The lowest BCUT2D eigenvalue weighted by Crippen LogP contribution is -2.35. The topological polar surface area (TPSA) is 108 Å². The number of nitrogens with one attached hydrogen (secondary N) is 1. The van der Waals surface area contributed by atoms with Crippen LogP contribution in [0, 0.1) is 5.41 Å². The van der Waals surface area contributed by atoms with E-state index in [0.717, 1.165) is 37.4 Å². The molecule has 2 aromatic rings. The van der Waals surface area contributed by atoms with Crippen molar-refractivity contribution in [2.75, 3.05) is 17.6 Å². The Balaban J connectivity index is 1.41. The molecular weight excluding hydrogens is 290 g/mol. The standard InChI is InChI=1S/C16H23N7/c17-12-5-11(6-12)13-7-14(22-15(18)21-13)20-8-16(1-2-16)9-23-4-3-19-10-23/h3-4,7,10-12H,1-2,5-6,8-9,17H2,(H3,18,20,21,22). The molecule has 0 unspecified atom stereocenters. The van der Waals surface area contributed by atoms with Gasteiger partial charge in [-0.2, -0.15) is 4.98 Å². The molecule has 7 heteroatoms. The fraction of sp³-hybridized carbons (Fsp3) is 0.562. The Morgan fingerprint density at radius 3 is 2.78 bits per heavy atom. The summed E-state index contributed by atoms with van der Waals surface area (Å²) in [5.41, 5.74) is 13.1. The predicted octanol–water partition coefficient (Wildman–Crippen LogP) is 1.35. The summed E-state index contributed by atoms with van der Waals surface area (Å²) in [6.07, 6.45) is 10.1. The van der Waals surface area contributed by atoms with E-state index in [0.29, 0.717) is 23.3 Å². The molecule has 2 aliphatic rings. The lowest BCUT2D eigenvalue weighted by atomic mass is 9.78. The summed E-state index contributed by atoms with van der Waals surface area (Å²) in [5.74, 6) is 1.59. The molecule has 0 aliphatic heterocycles. The van der Waals surface area contributed by atoms with E-state index in [4.69, 9.17) is 11.5 Å². The average molecular weight is 313 g/mol. The van der Waals surface area contributed by atoms with E-state index < -0.39 is 0 Å². The van der Waals surface area contributed by atoms with E-state index in [1.165, 1.54) is 12.8 Å². The van der Waals surface area contributed by atoms with Crippen LogP contribution in [-0.2, 0) is 6.54 Å². The summed E-state index contributed by atoms with van der Waals surface area (Å²) in [6, 6.07) is 2.33. The summed E-state index contributed by atoms with van der Waals surface area (Å²) >= 11 is 0. The number of nitrogens with two attached hydrogens (primary N) is 2. The minimum Gasteiger partial charge on any atom is -0.369 e. The highest BCUT2D eigenvalue weighted by molar-refractivity contribution is 5.42. The Bertz CT molecular complexity index is 672. The van der Waals surface area contributed by atoms with Crippen LogP contribution in [0.2, 0.25) is 0 Å². The molecule has 2 saturated carbocycles. The van der Waals surface area contributed by atoms with Crippen molar-refractivity contribution in [3.8, 4) is 0 Å². The zero-order chi connectivity index (χ0) is 15.9. The smallest absolute Gasteiger partial charge is 0.222 e. The van der Waals surface area contributed by atoms with Crippen LogP contribution in [-0.4, -0.2) is 32.1 Å². The molecule has 2 aromatic heterocycles. The zero-order valence-electron chi connectivity index (χ0n) is 13.2. The second kappa shape index (κ2) is 5.49. The van der Waals surface area contributed by atoms with E-state index in [-0.39, 0.29) is 0 Å². The van der Waals surface area contributed by atoms with Gasteiger partial charge in [-0.1, -0.05) is 0 Å². The van der Waals surface area contributed by atoms with Gasteiger partial charge >= 0.3 is 0 Å². The third kappa shape index (κ3) is 3.14. The Labute approximate surface area is 135 Å². The van der Waals surface area contributed by atoms with E-state index >= 15 is 0 Å². The third-order valence-corrected chi connectivity index (χ3v) is 5.03. The predicted molar refractivity (Wildman–Crippen MR) is 88.8 cm³/mol. The molecule has 7 nitrogen and oxygen atoms in total. The fourth-order valence-corrected chi connectivity index (χ4v) is 3.30. The summed E-state index contributed by atoms with van der Waals surface area (Å²) in [7, 11) is 0. The van der Waals surface area contributed by atoms with Crippen LogP contribution >= 0.6 is 0 Å². The maximum Gasteiger partial charge on any atom is 0.222 e. The highest BCUT2D eigenvalue weighted by atomic mass is 15.1. The molecule has 2 fully saturated rings. The molecule has 0 saturated heterocycles. The third-order valence-electron chi connectivity index (χ3n) is 5.03. The number of imidazole rings is 1. The van der Waals surface area contributed by atoms with Crippen molar-refractivity contribution in [1.82, 2.24) is 19.5 Å². The SMILES string of the molecule is Nc1nc(NCC2(Cn3ccnc3)CC2)cc(C2CC(N)C2)n1. The van der Waals surface area contributed by atoms with Gasteiger partial charge in [-0.05, 0) is 25.7 Å². The second-order valence-electron chi connectivity index (χ2n) is 7.05. The first-order chi connectivity index (χ1) is 11.1. The Kier molecular flexibility index (Phi) is 3.45. The number of aromatic nitrogens is 4. The monoisotopic (exact) mass is 313 g/mol. The number of anilines is 2. The second-order valence-corrected chi connectivity index (χ2v) is 7.05. The van der Waals surface area contributed by atoms with Crippen LogP contribution in [0.1, 0.15) is 37.3 Å². The Morgan fingerprint density at radius 2 is 2.13 bits per heavy atom. The summed E-state index contributed by atoms with van der Waals surface area (Å²) in [4.78, 5) is 12.8. The average Bonchev–Trinajstić information content (AvgIpc) is 3.06. The van der Waals surface area contributed by atoms with Gasteiger partial charge in [-0.15, -0.1) is 0 Å². The molecule has 122 valence electrons. The van der Waals surface area contributed by atoms with Gasteiger partial charge in [0.05, 0.1) is 12.0 Å². The normalized spacial score (nSPS) is 24.9. The molecule has 0 amide bonds. The van der Waals surface area contributed by atoms with Gasteiger partial charge in [0.2, 0.25) is 5.95 Å². The molecule has 0 aromatic carbocycles. The minimum absolute atomic E-state index is 0.303. The number of hydrogen-bond donors (Lipinski definition) is 3. The van der Waals surface area contributed by atoms with Crippen LogP contribution in [0.5, 0.6) is 0 Å². The maximum absolute atomic E-state index is 5.87. The molecule has 0 bridgehead atoms. The molecule has 2 aliphatic carbocycles. The van der Waals surface area contributed by atoms with Gasteiger partial charge in [0.25, 0.3) is 0 Å². The summed E-state index contributed by atoms with van der Waals surface area (Å²) < 4.78 is 2.14. The lowest BCUT2D eigenvalue weighted by molar-refractivity contribution is 0.345. The van der Waals surface area contributed by atoms with Crippen LogP contribution in [0.15, 0.2) is 24.8 Å². The highest BCUT2D eigenvalue weighted by Crippen LogP contribution is 2.47. The van der Waals surface area contributed by atoms with Gasteiger partial charge in [-0.3, -0.25) is 0 Å². The van der Waals surface area contributed by atoms with Crippen molar-refractivity contribution in [3.05, 3.63) is 30.5 Å². The number of hydrogen-bond acceptors (Lipinski definition) is 6. The first kappa shape index (κ1) is 14.4. The van der Waals surface area contributed by atoms with Crippen LogP contribution in [0.3, 0.4) is 0 Å². The van der Waals surface area contributed by atoms with E-state index in [9.17, 15) is 0 Å². The summed E-state index contributed by atoms with van der Waals surface area (Å²) in [5, 5.41) is 3.46. The van der Waals surface area contributed by atoms with Gasteiger partial charge in [-0.25, -0.2) is 9.97 Å². The van der Waals surface area contributed by atoms with E-state index in [2.05, 4.69) is 24.8 Å². The van der Waals surface area contributed by atoms with Crippen molar-refractivity contribution in [2.24, 2.45) is 11.1 Å². The van der Waals surface area contributed by atoms with Gasteiger partial charge in [0.15, 0.2) is 0 Å². The van der Waals surface area contributed by atoms with Crippen molar-refractivity contribution in [3.63, 3.8) is 0 Å². The molecule has 4 rings (SSSR count). The molecule has 23 heavy (non-hydrogen) atoms. The first-order valence-corrected chi connectivity index (χ1v) is 8.22. The quantitative estimate of drug-likeness (QED) is 0.743. The molecule has 0 atom stereocenters. The van der Waals surface area contributed by atoms with Crippen molar-refractivity contribution >= 4 is 11.8 Å². The Morgan fingerprint density at radius 1 is 1.30 bits per heavy atom. The zero-order valence-corrected chi connectivity index (χ0v) is 13.2. The number of nitrogen functional groups attached to an aromatic ring is 1. The lowest BCUT2D eigenvalue weighted by Gasteiger charge is -2.32. The molecular formula is C16H23N7. The first-order valence-electron chi connectivity index (χ1n) is 8.22. The van der Waals surface area contributed by atoms with Gasteiger partial charge in [0, 0.05) is 48.9 Å². The maximum atomic E-state index is 5.87. The van der Waals surface area contributed by atoms with Crippen LogP contribution in [0.4, 0.5) is 11.8 Å².